The van der Waals surface area contributed by atoms with Crippen LogP contribution in [0.2, 0.25) is 0 Å². The number of amides is 2. The number of nitrogens with zero attached hydrogens (tertiary/aromatic N) is 1. The fourth-order valence-corrected chi connectivity index (χ4v) is 5.12. The Morgan fingerprint density at radius 2 is 1.46 bits per heavy atom. The van der Waals surface area contributed by atoms with E-state index < -0.39 is 67.4 Å². The van der Waals surface area contributed by atoms with Crippen molar-refractivity contribution in [3.8, 4) is 11.1 Å². The third-order valence-corrected chi connectivity index (χ3v) is 8.31. The summed E-state index contributed by atoms with van der Waals surface area (Å²) in [6.07, 6.45) is -2.87. The van der Waals surface area contributed by atoms with Crippen molar-refractivity contribution in [3.05, 3.63) is 65.5 Å². The molecule has 0 saturated heterocycles. The number of nitrogens with one attached hydrogen (secondary N) is 1. The minimum Gasteiger partial charge on any atom is -0.642 e. The van der Waals surface area contributed by atoms with Crippen LogP contribution in [-0.4, -0.2) is 58.2 Å². The standard InChI is InChI=1S/C28H37N2O9P.K/c1-17(2)27(34)38-20(5)39-28(35)30-19(4)40(36,37)16-24(25(31)29-18(3)26(32)33)15-21-11-13-23(14-12-21)22-9-7-6-8-10-22;/h6-14,17-20,24H,15-16H2,1-5H3,(H4,29,30,31,32,33,35,36,37);/q;+1/p-1/t18?,19?,20?,24-;/m1./s1. The van der Waals surface area contributed by atoms with Crippen LogP contribution in [-0.2, 0) is 34.8 Å². The molecular formula is C28H36KN2O9P. The van der Waals surface area contributed by atoms with E-state index in [0.717, 1.165) is 11.1 Å². The van der Waals surface area contributed by atoms with Gasteiger partial charge in [0.15, 0.2) is 0 Å². The van der Waals surface area contributed by atoms with E-state index >= 15 is 0 Å². The summed E-state index contributed by atoms with van der Waals surface area (Å²) in [6, 6.07) is 15.6. The zero-order chi connectivity index (χ0) is 30.0. The van der Waals surface area contributed by atoms with Crippen LogP contribution in [0, 0.1) is 11.8 Å². The maximum atomic E-state index is 13.3. The van der Waals surface area contributed by atoms with Gasteiger partial charge in [-0.05, 0) is 36.1 Å². The summed E-state index contributed by atoms with van der Waals surface area (Å²) in [4.78, 5) is 58.9. The van der Waals surface area contributed by atoms with Gasteiger partial charge in [0.05, 0.1) is 11.8 Å². The Bertz CT molecular complexity index is 1220. The van der Waals surface area contributed by atoms with Crippen molar-refractivity contribution in [2.75, 3.05) is 6.16 Å². The number of ether oxygens (including phenoxy) is 2. The third kappa shape index (κ3) is 12.4. The van der Waals surface area contributed by atoms with Crippen LogP contribution in [0.4, 0.5) is 4.79 Å². The second kappa shape index (κ2) is 17.2. The van der Waals surface area contributed by atoms with Gasteiger partial charge in [-0.25, -0.2) is 4.79 Å². The quantitative estimate of drug-likeness (QED) is 0.132. The molecule has 41 heavy (non-hydrogen) atoms. The van der Waals surface area contributed by atoms with Gasteiger partial charge in [-0.3, -0.25) is 14.2 Å². The summed E-state index contributed by atoms with van der Waals surface area (Å²) in [5.74, 6) is -5.63. The maximum absolute atomic E-state index is 13.3. The van der Waals surface area contributed by atoms with Crippen molar-refractivity contribution < 1.29 is 94.6 Å². The average Bonchev–Trinajstić information content (AvgIpc) is 2.88. The van der Waals surface area contributed by atoms with Gasteiger partial charge >= 0.3 is 63.4 Å². The normalized spacial score (nSPS) is 15.2. The maximum Gasteiger partial charge on any atom is 1.00 e. The van der Waals surface area contributed by atoms with Gasteiger partial charge in [0, 0.05) is 19.0 Å². The Morgan fingerprint density at radius 3 is 2.00 bits per heavy atom. The summed E-state index contributed by atoms with van der Waals surface area (Å²) in [7, 11) is -4.24. The zero-order valence-corrected chi connectivity index (χ0v) is 28.2. The number of hydrogen-bond acceptors (Lipinski definition) is 7. The van der Waals surface area contributed by atoms with Gasteiger partial charge in [-0.1, -0.05) is 75.4 Å². The average molecular weight is 615 g/mol. The van der Waals surface area contributed by atoms with Crippen LogP contribution in [0.5, 0.6) is 0 Å². The third-order valence-electron chi connectivity index (χ3n) is 6.01. The van der Waals surface area contributed by atoms with Crippen LogP contribution in [0.25, 0.3) is 16.4 Å². The molecule has 0 aliphatic rings. The fourth-order valence-electron chi connectivity index (χ4n) is 3.58. The molecule has 0 bridgehead atoms. The van der Waals surface area contributed by atoms with E-state index in [4.69, 9.17) is 9.47 Å². The number of hydrogen-bond donors (Lipinski definition) is 3. The molecule has 0 aliphatic heterocycles. The van der Waals surface area contributed by atoms with Crippen molar-refractivity contribution in [3.63, 3.8) is 0 Å². The van der Waals surface area contributed by atoms with Crippen LogP contribution in [0.1, 0.15) is 40.2 Å². The predicted molar refractivity (Wildman–Crippen MR) is 149 cm³/mol. The number of aliphatic carboxylic acids is 1. The zero-order valence-electron chi connectivity index (χ0n) is 24.1. The van der Waals surface area contributed by atoms with Gasteiger partial charge in [-0.2, -0.15) is 0 Å². The molecule has 0 heterocycles. The largest absolute Gasteiger partial charge is 1.00 e. The SMILES string of the molecule is CC(OC(=O)NC(C)P(=O)(O)C[C@@H](Cc1ccc(-c2ccccc2)cc1)C(=O)[N-]C(C)C(=O)O)OC(=O)C(C)C.[K+]. The Kier molecular flexibility index (Phi) is 15.5. The minimum atomic E-state index is -4.24. The van der Waals surface area contributed by atoms with Crippen molar-refractivity contribution in [1.82, 2.24) is 5.32 Å². The molecule has 0 fully saturated rings. The fraction of sp³-hybridized carbons (Fsp3) is 0.429. The first kappa shape index (κ1) is 37.0. The second-order valence-electron chi connectivity index (χ2n) is 9.77. The molecule has 2 aromatic rings. The van der Waals surface area contributed by atoms with E-state index in [1.807, 2.05) is 42.5 Å². The summed E-state index contributed by atoms with van der Waals surface area (Å²) in [6.45, 7) is 7.06. The monoisotopic (exact) mass is 614 g/mol. The van der Waals surface area contributed by atoms with Crippen LogP contribution < -0.4 is 56.7 Å². The molecule has 0 saturated carbocycles. The van der Waals surface area contributed by atoms with E-state index in [0.29, 0.717) is 5.56 Å². The van der Waals surface area contributed by atoms with Crippen molar-refractivity contribution in [2.24, 2.45) is 11.8 Å². The molecule has 0 spiro atoms. The van der Waals surface area contributed by atoms with E-state index in [1.54, 1.807) is 26.0 Å². The number of benzene rings is 2. The number of alkyl carbamates (subject to hydrolysis) is 1. The number of carboxylic acids is 1. The summed E-state index contributed by atoms with van der Waals surface area (Å²) in [5.41, 5.74) is 2.61. The molecule has 4 unspecified atom stereocenters. The topological polar surface area (TPSA) is 170 Å². The van der Waals surface area contributed by atoms with Gasteiger partial charge in [0.1, 0.15) is 5.78 Å². The molecule has 3 N–H and O–H groups in total. The molecule has 2 aromatic carbocycles. The summed E-state index contributed by atoms with van der Waals surface area (Å²) < 4.78 is 23.1. The smallest absolute Gasteiger partial charge is 0.642 e. The summed E-state index contributed by atoms with van der Waals surface area (Å²) >= 11 is 0. The van der Waals surface area contributed by atoms with E-state index in [-0.39, 0.29) is 57.8 Å². The van der Waals surface area contributed by atoms with Gasteiger partial charge in [0.2, 0.25) is 13.7 Å². The molecule has 5 atom stereocenters. The Balaban J connectivity index is 0.00000840. The first-order valence-corrected chi connectivity index (χ1v) is 14.7. The summed E-state index contributed by atoms with van der Waals surface area (Å²) in [5, 5.41) is 15.1. The first-order chi connectivity index (χ1) is 18.7. The second-order valence-corrected chi connectivity index (χ2v) is 12.4. The molecular weight excluding hydrogens is 578 g/mol. The van der Waals surface area contributed by atoms with Crippen LogP contribution in [0.15, 0.2) is 54.6 Å². The van der Waals surface area contributed by atoms with Gasteiger partial charge < -0.3 is 34.9 Å². The first-order valence-electron chi connectivity index (χ1n) is 12.8. The molecule has 218 valence electrons. The Morgan fingerprint density at radius 1 is 0.902 bits per heavy atom. The van der Waals surface area contributed by atoms with E-state index in [1.165, 1.54) is 20.8 Å². The van der Waals surface area contributed by atoms with Gasteiger partial charge in [0.25, 0.3) is 5.97 Å². The van der Waals surface area contributed by atoms with Crippen LogP contribution in [0.3, 0.4) is 0 Å². The molecule has 0 aliphatic carbocycles. The molecule has 13 heteroatoms. The predicted octanol–water partition coefficient (Wildman–Crippen LogP) is 1.78. The van der Waals surface area contributed by atoms with Crippen molar-refractivity contribution >= 4 is 31.3 Å². The van der Waals surface area contributed by atoms with Crippen molar-refractivity contribution in [2.45, 2.75) is 59.2 Å². The molecule has 11 nitrogen and oxygen atoms in total. The Labute approximate surface area is 282 Å². The number of rotatable bonds is 13. The van der Waals surface area contributed by atoms with Crippen LogP contribution >= 0.6 is 7.37 Å². The van der Waals surface area contributed by atoms with Gasteiger partial charge in [-0.15, -0.1) is 0 Å². The number of carbonyl (C=O) groups excluding carboxylic acids is 3. The number of esters is 1. The molecule has 2 amide bonds. The Hall–Kier alpha value is -2.05. The molecule has 0 radical (unpaired) electrons. The van der Waals surface area contributed by atoms with E-state index in [2.05, 4.69) is 10.6 Å². The van der Waals surface area contributed by atoms with E-state index in [9.17, 15) is 33.7 Å². The molecule has 2 rings (SSSR count). The number of carboxylic acid groups (broad SMARTS) is 1. The molecule has 0 aromatic heterocycles. The van der Waals surface area contributed by atoms with Crippen molar-refractivity contribution in [1.29, 1.82) is 0 Å². The minimum absolute atomic E-state index is 0. The number of carbonyl (C=O) groups is 4.